The molecule has 0 radical (unpaired) electrons. The van der Waals surface area contributed by atoms with E-state index in [2.05, 4.69) is 160 Å². The highest BCUT2D eigenvalue weighted by molar-refractivity contribution is 5.32. The van der Waals surface area contributed by atoms with Crippen LogP contribution in [0.1, 0.15) is 158 Å². The molecule has 0 aliphatic heterocycles. The monoisotopic (exact) mass is 671 g/mol. The van der Waals surface area contributed by atoms with Crippen molar-refractivity contribution in [2.45, 2.75) is 168 Å². The summed E-state index contributed by atoms with van der Waals surface area (Å²) in [4.78, 5) is 26.2. The number of rotatable bonds is 0. The van der Waals surface area contributed by atoms with Crippen molar-refractivity contribution in [1.82, 2.24) is 29.9 Å². The summed E-state index contributed by atoms with van der Waals surface area (Å²) in [5.74, 6) is 0.922. The SMILES string of the molecule is C.Cc1cc(C(C)(C)C)nc(C)c1C.Cc1cnc(C(C)(C)C)cn1.Cc1cnc(C(C)(C)C)nc1C.Cc1cnc(C)c(C(C)(C)C)c1. The highest BCUT2D eigenvalue weighted by atomic mass is 14.9. The number of aryl methyl sites for hydroxylation is 7. The second-order valence-electron chi connectivity index (χ2n) is 17.2. The Labute approximate surface area is 301 Å². The minimum atomic E-state index is 0. The summed E-state index contributed by atoms with van der Waals surface area (Å²) in [6.07, 6.45) is 7.46. The quantitative estimate of drug-likeness (QED) is 0.185. The van der Waals surface area contributed by atoms with Gasteiger partial charge in [0, 0.05) is 63.8 Å². The Morgan fingerprint density at radius 3 is 1.37 bits per heavy atom. The fourth-order valence-electron chi connectivity index (χ4n) is 4.34. The zero-order chi connectivity index (χ0) is 37.4. The van der Waals surface area contributed by atoms with E-state index < -0.39 is 0 Å². The van der Waals surface area contributed by atoms with E-state index in [0.717, 1.165) is 39.9 Å². The van der Waals surface area contributed by atoms with Crippen LogP contribution in [0.3, 0.4) is 0 Å². The third kappa shape index (κ3) is 15.3. The van der Waals surface area contributed by atoms with Gasteiger partial charge in [-0.1, -0.05) is 96.6 Å². The van der Waals surface area contributed by atoms with E-state index in [1.165, 1.54) is 27.9 Å². The molecule has 4 aromatic heterocycles. The average Bonchev–Trinajstić information content (AvgIpc) is 2.93. The van der Waals surface area contributed by atoms with Crippen molar-refractivity contribution < 1.29 is 0 Å². The summed E-state index contributed by atoms with van der Waals surface area (Å²) in [5, 5.41) is 0. The van der Waals surface area contributed by atoms with Gasteiger partial charge in [0.15, 0.2) is 0 Å². The molecule has 0 aromatic carbocycles. The Bertz CT molecular complexity index is 1580. The highest BCUT2D eigenvalue weighted by Gasteiger charge is 2.19. The van der Waals surface area contributed by atoms with Gasteiger partial charge in [-0.05, 0) is 94.7 Å². The minimum absolute atomic E-state index is 0. The van der Waals surface area contributed by atoms with Crippen molar-refractivity contribution in [3.63, 3.8) is 0 Å². The molecule has 0 aliphatic carbocycles. The number of hydrogen-bond acceptors (Lipinski definition) is 6. The number of pyridine rings is 2. The molecule has 4 rings (SSSR count). The molecule has 0 aliphatic rings. The molecule has 49 heavy (non-hydrogen) atoms. The maximum absolute atomic E-state index is 4.60. The van der Waals surface area contributed by atoms with E-state index in [4.69, 9.17) is 0 Å². The van der Waals surface area contributed by atoms with E-state index >= 15 is 0 Å². The van der Waals surface area contributed by atoms with Crippen LogP contribution < -0.4 is 0 Å². The van der Waals surface area contributed by atoms with Crippen LogP contribution in [0.25, 0.3) is 0 Å². The Morgan fingerprint density at radius 1 is 0.429 bits per heavy atom. The summed E-state index contributed by atoms with van der Waals surface area (Å²) in [6, 6.07) is 4.42. The predicted octanol–water partition coefficient (Wildman–Crippen LogP) is 11.4. The average molecular weight is 671 g/mol. The van der Waals surface area contributed by atoms with Crippen LogP contribution in [-0.2, 0) is 21.7 Å². The zero-order valence-electron chi connectivity index (χ0n) is 34.1. The van der Waals surface area contributed by atoms with Crippen molar-refractivity contribution in [2.24, 2.45) is 0 Å². The molecule has 6 nitrogen and oxygen atoms in total. The lowest BCUT2D eigenvalue weighted by Gasteiger charge is -2.21. The van der Waals surface area contributed by atoms with Gasteiger partial charge in [-0.3, -0.25) is 19.9 Å². The maximum atomic E-state index is 4.60. The first-order chi connectivity index (χ1) is 21.6. The van der Waals surface area contributed by atoms with Crippen LogP contribution in [0.4, 0.5) is 0 Å². The molecular formula is C43H70N6. The van der Waals surface area contributed by atoms with Crippen LogP contribution in [0.15, 0.2) is 36.9 Å². The third-order valence-electron chi connectivity index (χ3n) is 8.02. The zero-order valence-corrected chi connectivity index (χ0v) is 34.1. The fourth-order valence-corrected chi connectivity index (χ4v) is 4.34. The topological polar surface area (TPSA) is 77.3 Å². The van der Waals surface area contributed by atoms with Crippen molar-refractivity contribution in [3.05, 3.63) is 105 Å². The van der Waals surface area contributed by atoms with Gasteiger partial charge in [0.2, 0.25) is 0 Å². The molecule has 0 bridgehead atoms. The normalized spacial score (nSPS) is 11.5. The lowest BCUT2D eigenvalue weighted by molar-refractivity contribution is 0.542. The summed E-state index contributed by atoms with van der Waals surface area (Å²) >= 11 is 0. The van der Waals surface area contributed by atoms with Gasteiger partial charge in [0.05, 0.1) is 11.4 Å². The van der Waals surface area contributed by atoms with Crippen LogP contribution in [0.5, 0.6) is 0 Å². The standard InChI is InChI=1S/C12H19N.C11H17N.C10H16N2.C9H14N2.CH4/c1-8-7-11(12(4,5)6)13-10(3)9(8)2;1-8-6-10(11(3,4)5)9(2)12-7-8;1-7-6-11-9(10(3,4)5)12-8(7)2;1-7-5-11-8(6-10-7)9(2,3)4;/h7H,1-6H3;6-7H,1-5H3;6H,1-5H3;5-6H,1-4H3;1H4. The molecule has 0 N–H and O–H groups in total. The van der Waals surface area contributed by atoms with E-state index in [1.54, 1.807) is 6.20 Å². The molecular weight excluding hydrogens is 601 g/mol. The van der Waals surface area contributed by atoms with Crippen molar-refractivity contribution >= 4 is 0 Å². The summed E-state index contributed by atoms with van der Waals surface area (Å²) in [5.41, 5.74) is 13.5. The van der Waals surface area contributed by atoms with Gasteiger partial charge in [0.1, 0.15) is 5.82 Å². The van der Waals surface area contributed by atoms with Gasteiger partial charge in [-0.15, -0.1) is 0 Å². The minimum Gasteiger partial charge on any atom is -0.261 e. The number of nitrogens with zero attached hydrogens (tertiary/aromatic N) is 6. The molecule has 0 amide bonds. The Hall–Kier alpha value is -3.54. The second kappa shape index (κ2) is 17.9. The molecule has 0 unspecified atom stereocenters. The van der Waals surface area contributed by atoms with Crippen LogP contribution in [0.2, 0.25) is 0 Å². The molecule has 0 fully saturated rings. The molecule has 0 spiro atoms. The fraction of sp³-hybridized carbons (Fsp3) is 0.581. The Morgan fingerprint density at radius 2 is 0.980 bits per heavy atom. The third-order valence-corrected chi connectivity index (χ3v) is 8.02. The van der Waals surface area contributed by atoms with Gasteiger partial charge in [-0.2, -0.15) is 0 Å². The lowest BCUT2D eigenvalue weighted by atomic mass is 9.85. The maximum Gasteiger partial charge on any atom is 0.133 e. The van der Waals surface area contributed by atoms with Crippen molar-refractivity contribution in [2.75, 3.05) is 0 Å². The molecule has 0 saturated heterocycles. The van der Waals surface area contributed by atoms with E-state index in [0.29, 0.717) is 0 Å². The lowest BCUT2D eigenvalue weighted by Crippen LogP contribution is -2.16. The highest BCUT2D eigenvalue weighted by Crippen LogP contribution is 2.25. The Kier molecular flexibility index (Phi) is 16.6. The van der Waals surface area contributed by atoms with Crippen LogP contribution in [0, 0.1) is 55.4 Å². The molecule has 4 heterocycles. The molecule has 0 atom stereocenters. The number of hydrogen-bond donors (Lipinski definition) is 0. The van der Waals surface area contributed by atoms with Gasteiger partial charge >= 0.3 is 0 Å². The largest absolute Gasteiger partial charge is 0.261 e. The van der Waals surface area contributed by atoms with Crippen LogP contribution >= 0.6 is 0 Å². The van der Waals surface area contributed by atoms with Crippen molar-refractivity contribution in [1.29, 1.82) is 0 Å². The van der Waals surface area contributed by atoms with E-state index in [-0.39, 0.29) is 29.1 Å². The van der Waals surface area contributed by atoms with Gasteiger partial charge in [-0.25, -0.2) is 9.97 Å². The molecule has 4 aromatic rings. The van der Waals surface area contributed by atoms with Crippen LogP contribution in [-0.4, -0.2) is 29.9 Å². The summed E-state index contributed by atoms with van der Waals surface area (Å²) in [7, 11) is 0. The summed E-state index contributed by atoms with van der Waals surface area (Å²) in [6.45, 7) is 42.5. The first-order valence-electron chi connectivity index (χ1n) is 17.1. The molecule has 0 saturated carbocycles. The summed E-state index contributed by atoms with van der Waals surface area (Å²) < 4.78 is 0. The number of aromatic nitrogens is 6. The van der Waals surface area contributed by atoms with E-state index in [1.807, 2.05) is 39.4 Å². The Balaban J connectivity index is 0.000000624. The molecule has 6 heteroatoms. The molecule has 272 valence electrons. The predicted molar refractivity (Wildman–Crippen MR) is 212 cm³/mol. The first kappa shape index (κ1) is 45.5. The van der Waals surface area contributed by atoms with Crippen molar-refractivity contribution in [3.8, 4) is 0 Å². The smallest absolute Gasteiger partial charge is 0.133 e. The van der Waals surface area contributed by atoms with Gasteiger partial charge in [0.25, 0.3) is 0 Å². The first-order valence-corrected chi connectivity index (χ1v) is 17.1. The van der Waals surface area contributed by atoms with E-state index in [9.17, 15) is 0 Å². The second-order valence-corrected chi connectivity index (χ2v) is 17.2. The van der Waals surface area contributed by atoms with Gasteiger partial charge < -0.3 is 0 Å².